The second-order valence-corrected chi connectivity index (χ2v) is 7.58. The minimum absolute atomic E-state index is 0.171. The summed E-state index contributed by atoms with van der Waals surface area (Å²) in [5.74, 6) is 0. The van der Waals surface area contributed by atoms with Crippen LogP contribution >= 0.6 is 0 Å². The molecule has 0 amide bonds. The molecular weight excluding hydrogens is 446 g/mol. The number of rotatable bonds is 5. The van der Waals surface area contributed by atoms with E-state index < -0.39 is 35.2 Å². The van der Waals surface area contributed by atoms with E-state index in [-0.39, 0.29) is 17.5 Å². The first-order valence-electron chi connectivity index (χ1n) is 9.99. The molecule has 1 atom stereocenters. The lowest BCUT2D eigenvalue weighted by Gasteiger charge is -2.19. The number of aromatic nitrogens is 1. The van der Waals surface area contributed by atoms with Crippen molar-refractivity contribution < 1.29 is 31.4 Å². The van der Waals surface area contributed by atoms with E-state index in [0.717, 1.165) is 22.4 Å². The Bertz CT molecular complexity index is 1290. The van der Waals surface area contributed by atoms with Crippen LogP contribution in [0.2, 0.25) is 0 Å². The monoisotopic (exact) mass is 464 g/mol. The molecule has 2 N–H and O–H groups in total. The van der Waals surface area contributed by atoms with Crippen molar-refractivity contribution in [3.63, 3.8) is 0 Å². The number of hydrogen-bond acceptors (Lipinski definition) is 3. The molecule has 0 spiro atoms. The van der Waals surface area contributed by atoms with Crippen molar-refractivity contribution in [1.29, 1.82) is 0 Å². The first kappa shape index (κ1) is 23.0. The van der Waals surface area contributed by atoms with Crippen LogP contribution < -0.4 is 5.32 Å². The number of hydrogen-bond donors (Lipinski definition) is 2. The summed E-state index contributed by atoms with van der Waals surface area (Å²) in [6, 6.07) is 16.9. The van der Waals surface area contributed by atoms with Gasteiger partial charge in [-0.3, -0.25) is 0 Å². The quantitative estimate of drug-likeness (QED) is 0.343. The minimum atomic E-state index is -4.97. The van der Waals surface area contributed by atoms with Crippen molar-refractivity contribution in [2.24, 2.45) is 0 Å². The van der Waals surface area contributed by atoms with Gasteiger partial charge in [0.2, 0.25) is 0 Å². The number of nitrogens with one attached hydrogen (secondary N) is 1. The van der Waals surface area contributed by atoms with Crippen LogP contribution in [0.25, 0.3) is 21.7 Å². The minimum Gasteiger partial charge on any atom is -0.387 e. The highest BCUT2D eigenvalue weighted by molar-refractivity contribution is 5.87. The molecule has 3 aromatic carbocycles. The lowest BCUT2D eigenvalue weighted by atomic mass is 9.99. The van der Waals surface area contributed by atoms with Gasteiger partial charge in [-0.2, -0.15) is 26.3 Å². The average Bonchev–Trinajstić information content (AvgIpc) is 2.76. The summed E-state index contributed by atoms with van der Waals surface area (Å²) >= 11 is 0. The normalized spacial score (nSPS) is 13.5. The molecule has 0 saturated heterocycles. The van der Waals surface area contributed by atoms with Crippen LogP contribution in [0, 0.1) is 0 Å². The molecule has 1 unspecified atom stereocenters. The SMILES string of the molecule is OC(CNCc1cccc2ccccc12)c1cc(C(F)(F)F)nc2c(C(F)(F)F)cccc12. The van der Waals surface area contributed by atoms with E-state index in [9.17, 15) is 31.4 Å². The Labute approximate surface area is 184 Å². The summed E-state index contributed by atoms with van der Waals surface area (Å²) in [6.45, 7) is 0.136. The van der Waals surface area contributed by atoms with Gasteiger partial charge in [0.15, 0.2) is 0 Å². The number of alkyl halides is 6. The van der Waals surface area contributed by atoms with E-state index >= 15 is 0 Å². The summed E-state index contributed by atoms with van der Waals surface area (Å²) in [5.41, 5.74) is -2.99. The van der Waals surface area contributed by atoms with Crippen LogP contribution in [0.5, 0.6) is 0 Å². The van der Waals surface area contributed by atoms with Gasteiger partial charge in [-0.25, -0.2) is 4.98 Å². The van der Waals surface area contributed by atoms with Gasteiger partial charge >= 0.3 is 12.4 Å². The van der Waals surface area contributed by atoms with Gasteiger partial charge in [-0.1, -0.05) is 54.6 Å². The molecule has 0 fully saturated rings. The molecular formula is C24H18F6N2O. The predicted molar refractivity (Wildman–Crippen MR) is 112 cm³/mol. The molecule has 0 aliphatic rings. The zero-order valence-corrected chi connectivity index (χ0v) is 17.0. The highest BCUT2D eigenvalue weighted by Gasteiger charge is 2.37. The van der Waals surface area contributed by atoms with E-state index in [2.05, 4.69) is 10.3 Å². The number of aliphatic hydroxyl groups is 1. The third-order valence-electron chi connectivity index (χ3n) is 5.36. The third-order valence-corrected chi connectivity index (χ3v) is 5.36. The van der Waals surface area contributed by atoms with Gasteiger partial charge < -0.3 is 10.4 Å². The van der Waals surface area contributed by atoms with Crippen molar-refractivity contribution in [3.8, 4) is 0 Å². The van der Waals surface area contributed by atoms with Gasteiger partial charge in [-0.05, 0) is 34.0 Å². The molecule has 0 bridgehead atoms. The van der Waals surface area contributed by atoms with E-state index in [1.807, 2.05) is 42.5 Å². The van der Waals surface area contributed by atoms with Crippen LogP contribution in [0.1, 0.15) is 28.5 Å². The maximum absolute atomic E-state index is 13.4. The second-order valence-electron chi connectivity index (χ2n) is 7.58. The van der Waals surface area contributed by atoms with E-state index in [1.165, 1.54) is 6.07 Å². The molecule has 1 aromatic heterocycles. The molecule has 9 heteroatoms. The number of halogens is 6. The van der Waals surface area contributed by atoms with Crippen molar-refractivity contribution in [2.75, 3.05) is 6.54 Å². The Morgan fingerprint density at radius 3 is 2.21 bits per heavy atom. The fourth-order valence-corrected chi connectivity index (χ4v) is 3.82. The maximum atomic E-state index is 13.4. The molecule has 33 heavy (non-hydrogen) atoms. The summed E-state index contributed by atoms with van der Waals surface area (Å²) in [5, 5.41) is 15.4. The van der Waals surface area contributed by atoms with Gasteiger partial charge in [-0.15, -0.1) is 0 Å². The van der Waals surface area contributed by atoms with Gasteiger partial charge in [0, 0.05) is 18.5 Å². The van der Waals surface area contributed by atoms with E-state index in [4.69, 9.17) is 0 Å². The summed E-state index contributed by atoms with van der Waals surface area (Å²) in [6.07, 6.45) is -11.4. The van der Waals surface area contributed by atoms with Crippen molar-refractivity contribution >= 4 is 21.7 Å². The van der Waals surface area contributed by atoms with Gasteiger partial charge in [0.25, 0.3) is 0 Å². The highest BCUT2D eigenvalue weighted by Crippen LogP contribution is 2.38. The molecule has 4 rings (SSSR count). The highest BCUT2D eigenvalue weighted by atomic mass is 19.4. The van der Waals surface area contributed by atoms with Crippen molar-refractivity contribution in [3.05, 3.63) is 89.1 Å². The van der Waals surface area contributed by atoms with Crippen molar-refractivity contribution in [2.45, 2.75) is 25.0 Å². The van der Waals surface area contributed by atoms with Crippen LogP contribution in [0.4, 0.5) is 26.3 Å². The van der Waals surface area contributed by atoms with E-state index in [0.29, 0.717) is 18.7 Å². The maximum Gasteiger partial charge on any atom is 0.433 e. The number of para-hydroxylation sites is 1. The fourth-order valence-electron chi connectivity index (χ4n) is 3.82. The molecule has 0 radical (unpaired) electrons. The second kappa shape index (κ2) is 8.64. The summed E-state index contributed by atoms with van der Waals surface area (Å²) in [7, 11) is 0. The number of fused-ring (bicyclic) bond motifs is 2. The van der Waals surface area contributed by atoms with E-state index in [1.54, 1.807) is 0 Å². The number of aliphatic hydroxyl groups excluding tert-OH is 1. The first-order chi connectivity index (χ1) is 15.6. The predicted octanol–water partition coefficient (Wildman–Crippen LogP) is 6.25. The van der Waals surface area contributed by atoms with Gasteiger partial charge in [0.1, 0.15) is 5.69 Å². The van der Waals surface area contributed by atoms with Crippen LogP contribution in [-0.4, -0.2) is 16.6 Å². The topological polar surface area (TPSA) is 45.1 Å². The van der Waals surface area contributed by atoms with Crippen LogP contribution in [0.3, 0.4) is 0 Å². The number of benzene rings is 3. The summed E-state index contributed by atoms with van der Waals surface area (Å²) < 4.78 is 80.3. The summed E-state index contributed by atoms with van der Waals surface area (Å²) in [4.78, 5) is 3.24. The van der Waals surface area contributed by atoms with Crippen LogP contribution in [0.15, 0.2) is 66.7 Å². The molecule has 4 aromatic rings. The molecule has 3 nitrogen and oxygen atoms in total. The molecule has 172 valence electrons. The van der Waals surface area contributed by atoms with Gasteiger partial charge in [0.05, 0.1) is 17.2 Å². The van der Waals surface area contributed by atoms with Crippen LogP contribution in [-0.2, 0) is 18.9 Å². The first-order valence-corrected chi connectivity index (χ1v) is 9.99. The largest absolute Gasteiger partial charge is 0.433 e. The molecule has 0 saturated carbocycles. The zero-order chi connectivity index (χ0) is 23.8. The molecule has 0 aliphatic carbocycles. The zero-order valence-electron chi connectivity index (χ0n) is 17.0. The Kier molecular flexibility index (Phi) is 6.02. The Hall–Kier alpha value is -3.17. The third kappa shape index (κ3) is 4.79. The Morgan fingerprint density at radius 1 is 0.818 bits per heavy atom. The number of nitrogens with zero attached hydrogens (tertiary/aromatic N) is 1. The Balaban J connectivity index is 1.66. The fraction of sp³-hybridized carbons (Fsp3) is 0.208. The molecule has 0 aliphatic heterocycles. The van der Waals surface area contributed by atoms with Crippen molar-refractivity contribution in [1.82, 2.24) is 10.3 Å². The molecule has 1 heterocycles. The average molecular weight is 464 g/mol. The Morgan fingerprint density at radius 2 is 1.48 bits per heavy atom. The lowest BCUT2D eigenvalue weighted by Crippen LogP contribution is -2.22. The number of pyridine rings is 1. The lowest BCUT2D eigenvalue weighted by molar-refractivity contribution is -0.142. The smallest absolute Gasteiger partial charge is 0.387 e. The standard InChI is InChI=1S/C24H18F6N2O/c25-23(26,27)19-10-4-9-17-18(11-21(24(28,29)30)32-22(17)19)20(33)13-31-12-15-7-3-6-14-5-1-2-8-16(14)15/h1-11,20,31,33H,12-13H2.